The van der Waals surface area contributed by atoms with Crippen molar-refractivity contribution in [1.82, 2.24) is 4.90 Å². The van der Waals surface area contributed by atoms with Crippen LogP contribution in [0.2, 0.25) is 0 Å². The molecule has 1 atom stereocenters. The molecule has 0 amide bonds. The van der Waals surface area contributed by atoms with Gasteiger partial charge < -0.3 is 5.73 Å². The van der Waals surface area contributed by atoms with E-state index < -0.39 is 0 Å². The molecule has 0 aliphatic carbocycles. The fourth-order valence-electron chi connectivity index (χ4n) is 1.42. The number of rotatable bonds is 0. The van der Waals surface area contributed by atoms with Crippen LogP contribution in [0.25, 0.3) is 0 Å². The van der Waals surface area contributed by atoms with Crippen LogP contribution in [-0.4, -0.2) is 30.1 Å². The van der Waals surface area contributed by atoms with Crippen LogP contribution >= 0.6 is 0 Å². The van der Waals surface area contributed by atoms with Crippen LogP contribution in [0.5, 0.6) is 0 Å². The molecule has 0 spiro atoms. The van der Waals surface area contributed by atoms with Gasteiger partial charge in [-0.3, -0.25) is 4.90 Å². The number of hydrogen-bond donors (Lipinski definition) is 1. The topological polar surface area (TPSA) is 29.3 Å². The van der Waals surface area contributed by atoms with Gasteiger partial charge >= 0.3 is 0 Å². The number of nitrogens with zero attached hydrogens (tertiary/aromatic N) is 1. The maximum absolute atomic E-state index is 5.80. The summed E-state index contributed by atoms with van der Waals surface area (Å²) in [6, 6.07) is 0.401. The van der Waals surface area contributed by atoms with E-state index in [1.807, 2.05) is 0 Å². The first-order chi connectivity index (χ1) is 4.52. The maximum Gasteiger partial charge on any atom is 0.0168 e. The molecule has 0 bridgehead atoms. The molecule has 60 valence electrons. The second-order valence-corrected chi connectivity index (χ2v) is 3.99. The fraction of sp³-hybridized carbons (Fsp3) is 1.00. The molecule has 1 unspecified atom stereocenters. The van der Waals surface area contributed by atoms with Crippen molar-refractivity contribution >= 4 is 0 Å². The first-order valence-electron chi connectivity index (χ1n) is 3.99. The standard InChI is InChI=1S/C8H18N2/c1-8(2)5-4-7(9)6-10(8)3/h7H,4-6,9H2,1-3H3. The van der Waals surface area contributed by atoms with Gasteiger partial charge in [-0.25, -0.2) is 0 Å². The van der Waals surface area contributed by atoms with Crippen LogP contribution in [0.1, 0.15) is 26.7 Å². The average molecular weight is 142 g/mol. The smallest absolute Gasteiger partial charge is 0.0168 e. The zero-order valence-corrected chi connectivity index (χ0v) is 7.22. The third-order valence-corrected chi connectivity index (χ3v) is 2.67. The number of likely N-dealkylation sites (N-methyl/N-ethyl adjacent to an activating group) is 1. The first kappa shape index (κ1) is 8.02. The molecule has 1 aliphatic rings. The van der Waals surface area contributed by atoms with Crippen LogP contribution in [-0.2, 0) is 0 Å². The molecule has 0 aromatic carbocycles. The second-order valence-electron chi connectivity index (χ2n) is 3.99. The van der Waals surface area contributed by atoms with E-state index in [9.17, 15) is 0 Å². The highest BCUT2D eigenvalue weighted by Gasteiger charge is 2.29. The molecule has 1 aliphatic heterocycles. The molecular weight excluding hydrogens is 124 g/mol. The minimum atomic E-state index is 0.371. The summed E-state index contributed by atoms with van der Waals surface area (Å²) >= 11 is 0. The van der Waals surface area contributed by atoms with Gasteiger partial charge in [0.25, 0.3) is 0 Å². The monoisotopic (exact) mass is 142 g/mol. The lowest BCUT2D eigenvalue weighted by Crippen LogP contribution is -2.52. The average Bonchev–Trinajstić information content (AvgIpc) is 1.81. The Morgan fingerprint density at radius 2 is 2.10 bits per heavy atom. The van der Waals surface area contributed by atoms with E-state index in [0.717, 1.165) is 6.54 Å². The van der Waals surface area contributed by atoms with Gasteiger partial charge in [0.2, 0.25) is 0 Å². The summed E-state index contributed by atoms with van der Waals surface area (Å²) in [7, 11) is 2.15. The van der Waals surface area contributed by atoms with E-state index in [0.29, 0.717) is 11.6 Å². The van der Waals surface area contributed by atoms with Gasteiger partial charge in [-0.2, -0.15) is 0 Å². The Labute approximate surface area is 63.4 Å². The molecule has 1 rings (SSSR count). The van der Waals surface area contributed by atoms with E-state index in [4.69, 9.17) is 5.73 Å². The van der Waals surface area contributed by atoms with Gasteiger partial charge in [0.1, 0.15) is 0 Å². The van der Waals surface area contributed by atoms with E-state index in [2.05, 4.69) is 25.8 Å². The fourth-order valence-corrected chi connectivity index (χ4v) is 1.42. The third-order valence-electron chi connectivity index (χ3n) is 2.67. The lowest BCUT2D eigenvalue weighted by Gasteiger charge is -2.42. The normalized spacial score (nSPS) is 34.2. The van der Waals surface area contributed by atoms with Crippen LogP contribution in [0.15, 0.2) is 0 Å². The van der Waals surface area contributed by atoms with Crippen molar-refractivity contribution in [2.45, 2.75) is 38.3 Å². The molecule has 0 saturated carbocycles. The Kier molecular flexibility index (Phi) is 2.02. The summed E-state index contributed by atoms with van der Waals surface area (Å²) in [5.74, 6) is 0. The van der Waals surface area contributed by atoms with Crippen molar-refractivity contribution in [2.24, 2.45) is 5.73 Å². The van der Waals surface area contributed by atoms with Crippen molar-refractivity contribution < 1.29 is 0 Å². The Bertz CT molecular complexity index is 120. The minimum Gasteiger partial charge on any atom is -0.327 e. The minimum absolute atomic E-state index is 0.371. The maximum atomic E-state index is 5.80. The van der Waals surface area contributed by atoms with Gasteiger partial charge in [-0.05, 0) is 33.7 Å². The second kappa shape index (κ2) is 2.51. The van der Waals surface area contributed by atoms with Crippen molar-refractivity contribution in [2.75, 3.05) is 13.6 Å². The Morgan fingerprint density at radius 3 is 2.50 bits per heavy atom. The van der Waals surface area contributed by atoms with Crippen molar-refractivity contribution in [3.05, 3.63) is 0 Å². The summed E-state index contributed by atoms with van der Waals surface area (Å²) < 4.78 is 0. The van der Waals surface area contributed by atoms with Crippen LogP contribution < -0.4 is 5.73 Å². The first-order valence-corrected chi connectivity index (χ1v) is 3.99. The van der Waals surface area contributed by atoms with Crippen molar-refractivity contribution in [3.63, 3.8) is 0 Å². The summed E-state index contributed by atoms with van der Waals surface area (Å²) in [5.41, 5.74) is 6.18. The van der Waals surface area contributed by atoms with Crippen LogP contribution in [0, 0.1) is 0 Å². The zero-order chi connectivity index (χ0) is 7.78. The van der Waals surface area contributed by atoms with Crippen LogP contribution in [0.3, 0.4) is 0 Å². The van der Waals surface area contributed by atoms with Gasteiger partial charge in [0.15, 0.2) is 0 Å². The molecule has 0 aromatic heterocycles. The highest BCUT2D eigenvalue weighted by Crippen LogP contribution is 2.24. The number of nitrogens with two attached hydrogens (primary N) is 1. The predicted octanol–water partition coefficient (Wildman–Crippen LogP) is 0.818. The van der Waals surface area contributed by atoms with Crippen molar-refractivity contribution in [1.29, 1.82) is 0 Å². The van der Waals surface area contributed by atoms with Gasteiger partial charge in [0.05, 0.1) is 0 Å². The van der Waals surface area contributed by atoms with E-state index >= 15 is 0 Å². The molecule has 0 aromatic rings. The Morgan fingerprint density at radius 1 is 1.50 bits per heavy atom. The summed E-state index contributed by atoms with van der Waals surface area (Å²) in [6.45, 7) is 5.60. The van der Waals surface area contributed by atoms with Crippen LogP contribution in [0.4, 0.5) is 0 Å². The number of likely N-dealkylation sites (tertiary alicyclic amines) is 1. The largest absolute Gasteiger partial charge is 0.327 e. The number of piperidine rings is 1. The van der Waals surface area contributed by atoms with Gasteiger partial charge in [0, 0.05) is 18.1 Å². The SMILES string of the molecule is CN1CC(N)CCC1(C)C. The quantitative estimate of drug-likeness (QED) is 0.542. The van der Waals surface area contributed by atoms with Gasteiger partial charge in [-0.1, -0.05) is 0 Å². The Balaban J connectivity index is 2.52. The van der Waals surface area contributed by atoms with E-state index in [1.54, 1.807) is 0 Å². The highest BCUT2D eigenvalue weighted by atomic mass is 15.2. The highest BCUT2D eigenvalue weighted by molar-refractivity contribution is 4.87. The molecule has 10 heavy (non-hydrogen) atoms. The lowest BCUT2D eigenvalue weighted by molar-refractivity contribution is 0.0953. The molecular formula is C8H18N2. The van der Waals surface area contributed by atoms with E-state index in [1.165, 1.54) is 12.8 Å². The molecule has 0 radical (unpaired) electrons. The summed E-state index contributed by atoms with van der Waals surface area (Å²) in [4.78, 5) is 2.35. The molecule has 1 saturated heterocycles. The summed E-state index contributed by atoms with van der Waals surface area (Å²) in [5, 5.41) is 0. The van der Waals surface area contributed by atoms with E-state index in [-0.39, 0.29) is 0 Å². The summed E-state index contributed by atoms with van der Waals surface area (Å²) in [6.07, 6.45) is 2.40. The molecule has 1 fully saturated rings. The zero-order valence-electron chi connectivity index (χ0n) is 7.22. The Hall–Kier alpha value is -0.0800. The molecule has 2 heteroatoms. The van der Waals surface area contributed by atoms with Crippen molar-refractivity contribution in [3.8, 4) is 0 Å². The molecule has 1 heterocycles. The molecule has 2 N–H and O–H groups in total. The van der Waals surface area contributed by atoms with Gasteiger partial charge in [-0.15, -0.1) is 0 Å². The predicted molar refractivity (Wildman–Crippen MR) is 43.9 cm³/mol. The molecule has 2 nitrogen and oxygen atoms in total. The third kappa shape index (κ3) is 1.50. The number of hydrogen-bond acceptors (Lipinski definition) is 2. The lowest BCUT2D eigenvalue weighted by atomic mass is 9.89.